The van der Waals surface area contributed by atoms with Crippen LogP contribution < -0.4 is 4.90 Å². The van der Waals surface area contributed by atoms with Gasteiger partial charge >= 0.3 is 6.18 Å². The van der Waals surface area contributed by atoms with Crippen LogP contribution >= 0.6 is 0 Å². The summed E-state index contributed by atoms with van der Waals surface area (Å²) in [4.78, 5) is 1.84. The molecule has 7 heteroatoms. The molecule has 1 heterocycles. The van der Waals surface area contributed by atoms with Gasteiger partial charge in [-0.15, -0.1) is 0 Å². The predicted octanol–water partition coefficient (Wildman–Crippen LogP) is 2.60. The van der Waals surface area contributed by atoms with E-state index >= 15 is 0 Å². The monoisotopic (exact) mass is 306 g/mol. The summed E-state index contributed by atoms with van der Waals surface area (Å²) in [6.07, 6.45) is -4.48. The van der Waals surface area contributed by atoms with Crippen LogP contribution in [0.1, 0.15) is 19.4 Å². The Balaban J connectivity index is 0.000000491. The topological polar surface area (TPSA) is 46.9 Å². The highest BCUT2D eigenvalue weighted by atomic mass is 19.4. The van der Waals surface area contributed by atoms with Gasteiger partial charge in [0, 0.05) is 38.0 Å². The fraction of sp³-hybridized carbons (Fsp3) is 0.571. The van der Waals surface area contributed by atoms with Crippen molar-refractivity contribution in [2.24, 2.45) is 0 Å². The Morgan fingerprint density at radius 1 is 1.10 bits per heavy atom. The molecule has 0 radical (unpaired) electrons. The van der Waals surface area contributed by atoms with Gasteiger partial charge in [0.05, 0.1) is 5.56 Å². The first-order chi connectivity index (χ1) is 9.70. The van der Waals surface area contributed by atoms with Crippen LogP contribution in [0.2, 0.25) is 0 Å². The molecule has 0 bridgehead atoms. The number of halogens is 3. The zero-order chi connectivity index (χ0) is 16.0. The van der Waals surface area contributed by atoms with E-state index in [0.717, 1.165) is 12.1 Å². The molecular formula is C14H21F3N2O2. The lowest BCUT2D eigenvalue weighted by molar-refractivity contribution is -0.137. The van der Waals surface area contributed by atoms with Crippen molar-refractivity contribution in [2.45, 2.75) is 26.1 Å². The molecule has 0 atom stereocenters. The summed E-state index contributed by atoms with van der Waals surface area (Å²) in [5, 5.41) is 18.4. The van der Waals surface area contributed by atoms with Gasteiger partial charge in [0.1, 0.15) is 0 Å². The van der Waals surface area contributed by atoms with E-state index in [9.17, 15) is 18.4 Å². The fourth-order valence-electron chi connectivity index (χ4n) is 1.83. The van der Waals surface area contributed by atoms with E-state index in [1.54, 1.807) is 19.9 Å². The maximum Gasteiger partial charge on any atom is 0.416 e. The fourth-order valence-corrected chi connectivity index (χ4v) is 1.83. The summed E-state index contributed by atoms with van der Waals surface area (Å²) in [6, 6.07) is 5.27. The number of piperazine rings is 1. The third-order valence-electron chi connectivity index (χ3n) is 2.79. The molecule has 0 spiro atoms. The van der Waals surface area contributed by atoms with Crippen molar-refractivity contribution in [1.82, 2.24) is 5.06 Å². The highest BCUT2D eigenvalue weighted by Gasteiger charge is 2.31. The number of hydrogen-bond acceptors (Lipinski definition) is 4. The molecule has 1 aromatic carbocycles. The van der Waals surface area contributed by atoms with Crippen LogP contribution in [0.4, 0.5) is 18.9 Å². The predicted molar refractivity (Wildman–Crippen MR) is 74.4 cm³/mol. The molecule has 0 aromatic heterocycles. The SMILES string of the molecule is CC(C)O.ON1CCN(c2cccc(C(F)(F)F)c2)CC1. The maximum atomic E-state index is 12.5. The second-order valence-electron chi connectivity index (χ2n) is 5.08. The van der Waals surface area contributed by atoms with Crippen LogP contribution in [0.15, 0.2) is 24.3 Å². The number of hydrogen-bond donors (Lipinski definition) is 2. The zero-order valence-electron chi connectivity index (χ0n) is 12.1. The Kier molecular flexibility index (Phi) is 6.44. The molecular weight excluding hydrogens is 285 g/mol. The molecule has 0 unspecified atom stereocenters. The molecule has 2 N–H and O–H groups in total. The van der Waals surface area contributed by atoms with Crippen molar-refractivity contribution in [3.63, 3.8) is 0 Å². The minimum atomic E-state index is -4.31. The van der Waals surface area contributed by atoms with E-state index in [1.165, 1.54) is 11.1 Å². The lowest BCUT2D eigenvalue weighted by Gasteiger charge is -2.33. The number of anilines is 1. The lowest BCUT2D eigenvalue weighted by atomic mass is 10.1. The highest BCUT2D eigenvalue weighted by molar-refractivity contribution is 5.49. The van der Waals surface area contributed by atoms with Crippen molar-refractivity contribution >= 4 is 5.69 Å². The van der Waals surface area contributed by atoms with Gasteiger partial charge in [-0.1, -0.05) is 6.07 Å². The summed E-state index contributed by atoms with van der Waals surface area (Å²) in [5.41, 5.74) is -0.0886. The smallest absolute Gasteiger partial charge is 0.394 e. The molecule has 4 nitrogen and oxygen atoms in total. The van der Waals surface area contributed by atoms with Crippen LogP contribution in [0, 0.1) is 0 Å². The van der Waals surface area contributed by atoms with E-state index in [1.807, 2.05) is 4.90 Å². The minimum absolute atomic E-state index is 0.167. The van der Waals surface area contributed by atoms with Crippen LogP contribution in [0.3, 0.4) is 0 Å². The molecule has 1 aliphatic heterocycles. The van der Waals surface area contributed by atoms with Crippen LogP contribution in [0.25, 0.3) is 0 Å². The second-order valence-corrected chi connectivity index (χ2v) is 5.08. The Hall–Kier alpha value is -1.31. The van der Waals surface area contributed by atoms with E-state index in [4.69, 9.17) is 5.11 Å². The summed E-state index contributed by atoms with van der Waals surface area (Å²) in [6.45, 7) is 5.38. The molecule has 0 amide bonds. The quantitative estimate of drug-likeness (QED) is 0.837. The van der Waals surface area contributed by atoms with Gasteiger partial charge in [0.2, 0.25) is 0 Å². The van der Waals surface area contributed by atoms with Crippen LogP contribution in [-0.2, 0) is 6.18 Å². The Morgan fingerprint density at radius 2 is 1.62 bits per heavy atom. The van der Waals surface area contributed by atoms with Gasteiger partial charge in [-0.05, 0) is 32.0 Å². The van der Waals surface area contributed by atoms with Crippen molar-refractivity contribution in [3.8, 4) is 0 Å². The Bertz CT molecular complexity index is 428. The first-order valence-electron chi connectivity index (χ1n) is 6.74. The van der Waals surface area contributed by atoms with E-state index in [-0.39, 0.29) is 6.10 Å². The first-order valence-corrected chi connectivity index (χ1v) is 6.74. The largest absolute Gasteiger partial charge is 0.416 e. The zero-order valence-corrected chi connectivity index (χ0v) is 12.1. The number of aliphatic hydroxyl groups is 1. The third kappa shape index (κ3) is 6.33. The lowest BCUT2D eigenvalue weighted by Crippen LogP contribution is -2.44. The Morgan fingerprint density at radius 3 is 2.10 bits per heavy atom. The molecule has 2 rings (SSSR count). The van der Waals surface area contributed by atoms with Gasteiger partial charge < -0.3 is 15.2 Å². The average molecular weight is 306 g/mol. The van der Waals surface area contributed by atoms with Gasteiger partial charge in [-0.3, -0.25) is 0 Å². The minimum Gasteiger partial charge on any atom is -0.394 e. The maximum absolute atomic E-state index is 12.5. The molecule has 1 aromatic rings. The summed E-state index contributed by atoms with van der Waals surface area (Å²) >= 11 is 0. The molecule has 120 valence electrons. The molecule has 1 saturated heterocycles. The summed E-state index contributed by atoms with van der Waals surface area (Å²) in [5.74, 6) is 0. The van der Waals surface area contributed by atoms with Crippen molar-refractivity contribution in [3.05, 3.63) is 29.8 Å². The number of hydroxylamine groups is 2. The summed E-state index contributed by atoms with van der Waals surface area (Å²) < 4.78 is 37.6. The second kappa shape index (κ2) is 7.63. The van der Waals surface area contributed by atoms with Crippen molar-refractivity contribution < 1.29 is 23.5 Å². The molecule has 1 fully saturated rings. The van der Waals surface area contributed by atoms with Crippen molar-refractivity contribution in [2.75, 3.05) is 31.1 Å². The molecule has 0 aliphatic carbocycles. The van der Waals surface area contributed by atoms with E-state index < -0.39 is 11.7 Å². The van der Waals surface area contributed by atoms with Crippen LogP contribution in [0.5, 0.6) is 0 Å². The highest BCUT2D eigenvalue weighted by Crippen LogP contribution is 2.31. The molecule has 1 aliphatic rings. The number of nitrogens with zero attached hydrogens (tertiary/aromatic N) is 2. The number of benzene rings is 1. The van der Waals surface area contributed by atoms with Crippen molar-refractivity contribution in [1.29, 1.82) is 0 Å². The molecule has 21 heavy (non-hydrogen) atoms. The number of aliphatic hydroxyl groups excluding tert-OH is 1. The van der Waals surface area contributed by atoms with Gasteiger partial charge in [0.25, 0.3) is 0 Å². The van der Waals surface area contributed by atoms with Gasteiger partial charge in [-0.25, -0.2) is 0 Å². The van der Waals surface area contributed by atoms with Crippen LogP contribution in [-0.4, -0.2) is 47.7 Å². The van der Waals surface area contributed by atoms with Gasteiger partial charge in [0.15, 0.2) is 0 Å². The van der Waals surface area contributed by atoms with E-state index in [0.29, 0.717) is 31.9 Å². The third-order valence-corrected chi connectivity index (χ3v) is 2.79. The summed E-state index contributed by atoms with van der Waals surface area (Å²) in [7, 11) is 0. The first kappa shape index (κ1) is 17.7. The Labute approximate surface area is 122 Å². The normalized spacial score (nSPS) is 16.7. The number of rotatable bonds is 1. The van der Waals surface area contributed by atoms with E-state index in [2.05, 4.69) is 0 Å². The standard InChI is InChI=1S/C11H13F3N2O.C3H8O/c12-11(13,14)9-2-1-3-10(8-9)15-4-6-16(17)7-5-15;1-3(2)4/h1-3,8,17H,4-7H2;3-4H,1-2H3. The molecule has 0 saturated carbocycles. The average Bonchev–Trinajstić information content (AvgIpc) is 2.38. The number of alkyl halides is 3. The van der Waals surface area contributed by atoms with Gasteiger partial charge in [-0.2, -0.15) is 18.2 Å².